The van der Waals surface area contributed by atoms with Gasteiger partial charge in [0.25, 0.3) is 0 Å². The van der Waals surface area contributed by atoms with Crippen LogP contribution in [-0.2, 0) is 9.53 Å². The maximum Gasteiger partial charge on any atom is 0.245 e. The van der Waals surface area contributed by atoms with Gasteiger partial charge >= 0.3 is 0 Å². The van der Waals surface area contributed by atoms with Crippen LogP contribution in [0.4, 0.5) is 5.13 Å². The number of hydrogen-bond acceptors (Lipinski definition) is 6. The van der Waals surface area contributed by atoms with Gasteiger partial charge in [-0.3, -0.25) is 4.79 Å². The van der Waals surface area contributed by atoms with Crippen LogP contribution in [0.5, 0.6) is 0 Å². The maximum absolute atomic E-state index is 12.3. The maximum atomic E-state index is 12.3. The van der Waals surface area contributed by atoms with Crippen molar-refractivity contribution in [2.75, 3.05) is 31.6 Å². The Hall–Kier alpha value is -1.67. The van der Waals surface area contributed by atoms with Crippen LogP contribution in [0.2, 0.25) is 0 Å². The summed E-state index contributed by atoms with van der Waals surface area (Å²) in [6.07, 6.45) is 1.87. The SMILES string of the molecule is Cc1cn2nc(NC(C)C(=O)N3CCOCC3)sc2n1. The van der Waals surface area contributed by atoms with Gasteiger partial charge in [0.15, 0.2) is 0 Å². The predicted octanol–water partition coefficient (Wildman–Crippen LogP) is 0.758. The normalized spacial score (nSPS) is 17.4. The molecule has 1 atom stereocenters. The minimum atomic E-state index is -0.301. The number of carbonyl (C=O) groups is 1. The molecule has 0 aliphatic carbocycles. The molecule has 1 fully saturated rings. The van der Waals surface area contributed by atoms with Gasteiger partial charge in [-0.05, 0) is 13.8 Å². The Morgan fingerprint density at radius 1 is 1.50 bits per heavy atom. The number of aryl methyl sites for hydroxylation is 1. The Balaban J connectivity index is 1.66. The van der Waals surface area contributed by atoms with Crippen molar-refractivity contribution in [2.45, 2.75) is 19.9 Å². The van der Waals surface area contributed by atoms with Crippen LogP contribution in [-0.4, -0.2) is 57.8 Å². The minimum Gasteiger partial charge on any atom is -0.378 e. The van der Waals surface area contributed by atoms with Gasteiger partial charge in [0.2, 0.25) is 16.0 Å². The van der Waals surface area contributed by atoms with Crippen LogP contribution >= 0.6 is 11.3 Å². The molecule has 3 rings (SSSR count). The molecule has 1 amide bonds. The second kappa shape index (κ2) is 5.37. The third kappa shape index (κ3) is 2.61. The number of ether oxygens (including phenoxy) is 1. The van der Waals surface area contributed by atoms with E-state index < -0.39 is 0 Å². The van der Waals surface area contributed by atoms with Crippen LogP contribution in [0.1, 0.15) is 12.6 Å². The zero-order valence-electron chi connectivity index (χ0n) is 11.5. The lowest BCUT2D eigenvalue weighted by atomic mass is 10.2. The summed E-state index contributed by atoms with van der Waals surface area (Å²) in [5, 5.41) is 8.23. The van der Waals surface area contributed by atoms with Gasteiger partial charge < -0.3 is 15.0 Å². The molecular formula is C12H17N5O2S. The number of nitrogens with one attached hydrogen (secondary N) is 1. The average Bonchev–Trinajstić information content (AvgIpc) is 2.95. The van der Waals surface area contributed by atoms with Gasteiger partial charge in [0.05, 0.1) is 25.1 Å². The predicted molar refractivity (Wildman–Crippen MR) is 76.1 cm³/mol. The van der Waals surface area contributed by atoms with Crippen LogP contribution < -0.4 is 5.32 Å². The molecule has 0 spiro atoms. The molecule has 3 heterocycles. The van der Waals surface area contributed by atoms with Crippen LogP contribution in [0.25, 0.3) is 4.96 Å². The second-order valence-corrected chi connectivity index (χ2v) is 5.78. The fraction of sp³-hybridized carbons (Fsp3) is 0.583. The lowest BCUT2D eigenvalue weighted by molar-refractivity contribution is -0.135. The monoisotopic (exact) mass is 295 g/mol. The number of imidazole rings is 1. The van der Waals surface area contributed by atoms with Gasteiger partial charge in [-0.15, -0.1) is 5.10 Å². The molecule has 8 heteroatoms. The first-order valence-corrected chi connectivity index (χ1v) is 7.41. The molecule has 108 valence electrons. The highest BCUT2D eigenvalue weighted by atomic mass is 32.1. The van der Waals surface area contributed by atoms with Crippen molar-refractivity contribution in [1.29, 1.82) is 0 Å². The lowest BCUT2D eigenvalue weighted by Gasteiger charge is -2.29. The minimum absolute atomic E-state index is 0.0809. The summed E-state index contributed by atoms with van der Waals surface area (Å²) in [7, 11) is 0. The smallest absolute Gasteiger partial charge is 0.245 e. The van der Waals surface area contributed by atoms with E-state index >= 15 is 0 Å². The quantitative estimate of drug-likeness (QED) is 0.905. The second-order valence-electron chi connectivity index (χ2n) is 4.82. The molecule has 0 saturated carbocycles. The Labute approximate surface area is 120 Å². The molecule has 2 aromatic rings. The van der Waals surface area contributed by atoms with E-state index in [-0.39, 0.29) is 11.9 Å². The Bertz CT molecular complexity index is 585. The van der Waals surface area contributed by atoms with Crippen LogP contribution in [0.3, 0.4) is 0 Å². The third-order valence-electron chi connectivity index (χ3n) is 3.20. The van der Waals surface area contributed by atoms with E-state index in [0.717, 1.165) is 10.7 Å². The van der Waals surface area contributed by atoms with E-state index in [9.17, 15) is 4.79 Å². The molecule has 1 unspecified atom stereocenters. The van der Waals surface area contributed by atoms with E-state index in [1.165, 1.54) is 11.3 Å². The summed E-state index contributed by atoms with van der Waals surface area (Å²) in [5.41, 5.74) is 0.938. The fourth-order valence-electron chi connectivity index (χ4n) is 2.17. The molecular weight excluding hydrogens is 278 g/mol. The summed E-state index contributed by atoms with van der Waals surface area (Å²) in [4.78, 5) is 19.3. The van der Waals surface area contributed by atoms with Gasteiger partial charge in [-0.25, -0.2) is 9.50 Å². The topological polar surface area (TPSA) is 71.8 Å². The first-order chi connectivity index (χ1) is 9.63. The zero-order chi connectivity index (χ0) is 14.1. The van der Waals surface area contributed by atoms with E-state index in [1.807, 2.05) is 24.9 Å². The van der Waals surface area contributed by atoms with E-state index in [1.54, 1.807) is 4.52 Å². The highest BCUT2D eigenvalue weighted by Gasteiger charge is 2.23. The molecule has 7 nitrogen and oxygen atoms in total. The number of hydrogen-bond donors (Lipinski definition) is 1. The molecule has 0 bridgehead atoms. The van der Waals surface area contributed by atoms with Gasteiger partial charge in [-0.2, -0.15) is 0 Å². The van der Waals surface area contributed by atoms with E-state index in [4.69, 9.17) is 4.74 Å². The van der Waals surface area contributed by atoms with Crippen molar-refractivity contribution >= 4 is 27.3 Å². The molecule has 1 N–H and O–H groups in total. The largest absolute Gasteiger partial charge is 0.378 e. The van der Waals surface area contributed by atoms with Crippen molar-refractivity contribution in [2.24, 2.45) is 0 Å². The summed E-state index contributed by atoms with van der Waals surface area (Å²) in [6, 6.07) is -0.301. The van der Waals surface area contributed by atoms with E-state index in [2.05, 4.69) is 15.4 Å². The Morgan fingerprint density at radius 2 is 2.25 bits per heavy atom. The molecule has 0 radical (unpaired) electrons. The molecule has 0 aromatic carbocycles. The van der Waals surface area contributed by atoms with Gasteiger partial charge in [-0.1, -0.05) is 11.3 Å². The molecule has 20 heavy (non-hydrogen) atoms. The summed E-state index contributed by atoms with van der Waals surface area (Å²) in [6.45, 7) is 6.33. The van der Waals surface area contributed by atoms with Crippen LogP contribution in [0.15, 0.2) is 6.20 Å². The lowest BCUT2D eigenvalue weighted by Crippen LogP contribution is -2.47. The van der Waals surface area contributed by atoms with Crippen molar-refractivity contribution in [3.63, 3.8) is 0 Å². The van der Waals surface area contributed by atoms with Crippen LogP contribution in [0, 0.1) is 6.92 Å². The van der Waals surface area contributed by atoms with Crippen molar-refractivity contribution in [3.05, 3.63) is 11.9 Å². The first-order valence-electron chi connectivity index (χ1n) is 6.59. The average molecular weight is 295 g/mol. The number of fused-ring (bicyclic) bond motifs is 1. The molecule has 2 aromatic heterocycles. The molecule has 1 saturated heterocycles. The number of amides is 1. The van der Waals surface area contributed by atoms with Gasteiger partial charge in [0.1, 0.15) is 6.04 Å². The summed E-state index contributed by atoms with van der Waals surface area (Å²) < 4.78 is 6.98. The standard InChI is InChI=1S/C12H17N5O2S/c1-8-7-17-12(13-8)20-11(15-17)14-9(2)10(18)16-3-5-19-6-4-16/h7,9H,3-6H2,1-2H3,(H,14,15). The zero-order valence-corrected chi connectivity index (χ0v) is 12.3. The van der Waals surface area contributed by atoms with E-state index in [0.29, 0.717) is 31.4 Å². The van der Waals surface area contributed by atoms with Crippen molar-refractivity contribution in [3.8, 4) is 0 Å². The summed E-state index contributed by atoms with van der Waals surface area (Å²) >= 11 is 1.44. The Kier molecular flexibility index (Phi) is 3.58. The number of morpholine rings is 1. The number of nitrogens with zero attached hydrogens (tertiary/aromatic N) is 4. The molecule has 1 aliphatic rings. The third-order valence-corrected chi connectivity index (χ3v) is 4.05. The highest BCUT2D eigenvalue weighted by Crippen LogP contribution is 2.20. The number of carbonyl (C=O) groups excluding carboxylic acids is 1. The Morgan fingerprint density at radius 3 is 2.95 bits per heavy atom. The summed E-state index contributed by atoms with van der Waals surface area (Å²) in [5.74, 6) is 0.0809. The number of anilines is 1. The number of rotatable bonds is 3. The fourth-order valence-corrected chi connectivity index (χ4v) is 3.09. The van der Waals surface area contributed by atoms with Crippen molar-refractivity contribution in [1.82, 2.24) is 19.5 Å². The van der Waals surface area contributed by atoms with Gasteiger partial charge in [0, 0.05) is 13.1 Å². The first kappa shape index (κ1) is 13.3. The highest BCUT2D eigenvalue weighted by molar-refractivity contribution is 7.20. The number of aromatic nitrogens is 3. The van der Waals surface area contributed by atoms with Crippen molar-refractivity contribution < 1.29 is 9.53 Å². The molecule has 1 aliphatic heterocycles.